The molecule has 56 heteroatoms. The molecule has 0 bridgehead atoms. The van der Waals surface area contributed by atoms with Crippen LogP contribution in [0.25, 0.3) is 0 Å². The molecule has 0 saturated carbocycles. The predicted octanol–water partition coefficient (Wildman–Crippen LogP) is -8.45. The van der Waals surface area contributed by atoms with Gasteiger partial charge in [-0.3, -0.25) is 81.3 Å². The summed E-state index contributed by atoms with van der Waals surface area (Å²) in [5.41, 5.74) is 6.37. The topological polar surface area (TPSA) is 820 Å². The molecule has 2 aromatic rings. The number of unbranched alkanes of at least 4 members (excludes halogenated alkanes) is 2. The van der Waals surface area contributed by atoms with Gasteiger partial charge in [0.1, 0.15) is 109 Å². The number of likely N-dealkylation sites (tertiary alicyclic amines) is 1. The first-order valence-corrected chi connectivity index (χ1v) is 49.4. The van der Waals surface area contributed by atoms with Crippen molar-refractivity contribution in [3.8, 4) is 5.75 Å². The van der Waals surface area contributed by atoms with E-state index in [9.17, 15) is 141 Å². The number of rotatable bonds is 67. The molecule has 27 N–H and O–H groups in total. The Morgan fingerprint density at radius 2 is 1.18 bits per heavy atom. The number of hydrogen-bond donors (Lipinski definition) is 26. The monoisotopic (exact) mass is 2070 g/mol. The molecular weight excluding hydrogens is 1950 g/mol. The summed E-state index contributed by atoms with van der Waals surface area (Å²) in [6.45, 7) is 1.96. The van der Waals surface area contributed by atoms with E-state index in [4.69, 9.17) is 34.1 Å². The molecule has 4 fully saturated rings. The highest BCUT2D eigenvalue weighted by Crippen LogP contribution is 2.34. The summed E-state index contributed by atoms with van der Waals surface area (Å²) in [6, 6.07) is -2.53. The molecule has 1 unspecified atom stereocenters. The molecule has 0 aromatic heterocycles. The van der Waals surface area contributed by atoms with E-state index in [1.807, 2.05) is 0 Å². The zero-order valence-electron chi connectivity index (χ0n) is 78.2. The number of aliphatic carboxylic acids is 3. The van der Waals surface area contributed by atoms with Crippen LogP contribution in [-0.4, -0.2) is 398 Å². The lowest BCUT2D eigenvalue weighted by atomic mass is 9.98. The second-order valence-electron chi connectivity index (χ2n) is 34.1. The van der Waals surface area contributed by atoms with Crippen molar-refractivity contribution in [2.24, 2.45) is 16.8 Å². The van der Waals surface area contributed by atoms with Gasteiger partial charge in [-0.15, -0.1) is 11.8 Å². The number of primary amides is 1. The first kappa shape index (κ1) is 119. The molecule has 15 amide bonds. The summed E-state index contributed by atoms with van der Waals surface area (Å²) >= 11 is 2.64. The Morgan fingerprint density at radius 3 is 1.77 bits per heavy atom. The molecule has 21 atom stereocenters. The number of urea groups is 1. The quantitative estimate of drug-likeness (QED) is 0.00961. The molecule has 4 aliphatic rings. The lowest BCUT2D eigenvalue weighted by molar-refractivity contribution is -0.326. The summed E-state index contributed by atoms with van der Waals surface area (Å²) in [5, 5.41) is 149. The molecule has 0 spiro atoms. The summed E-state index contributed by atoms with van der Waals surface area (Å²) in [4.78, 5) is 235. The molecule has 794 valence electrons. The number of carbonyl (C=O) groups is 17. The van der Waals surface area contributed by atoms with Crippen LogP contribution >= 0.6 is 23.5 Å². The number of thioether (sulfide) groups is 2. The van der Waals surface area contributed by atoms with E-state index in [-0.39, 0.29) is 144 Å². The van der Waals surface area contributed by atoms with Gasteiger partial charge in [0.25, 0.3) is 5.91 Å². The fourth-order valence-corrected chi connectivity index (χ4v) is 18.0. The van der Waals surface area contributed by atoms with Crippen molar-refractivity contribution in [3.63, 3.8) is 0 Å². The summed E-state index contributed by atoms with van der Waals surface area (Å²) < 4.78 is 57.7. The van der Waals surface area contributed by atoms with Gasteiger partial charge < -0.3 is 164 Å². The van der Waals surface area contributed by atoms with Crippen LogP contribution in [0, 0.1) is 5.92 Å². The van der Waals surface area contributed by atoms with Crippen LogP contribution in [0.1, 0.15) is 128 Å². The van der Waals surface area contributed by atoms with Crippen LogP contribution in [0.3, 0.4) is 0 Å². The van der Waals surface area contributed by atoms with E-state index >= 15 is 4.79 Å². The Balaban J connectivity index is 1.13. The fraction of sp³-hybridized carbons (Fsp3) is 0.651. The van der Waals surface area contributed by atoms with E-state index in [1.165, 1.54) is 12.1 Å². The zero-order valence-corrected chi connectivity index (χ0v) is 80.6. The van der Waals surface area contributed by atoms with Crippen LogP contribution < -0.4 is 79.0 Å². The number of carboxylic acid groups (broad SMARTS) is 3. The zero-order chi connectivity index (χ0) is 105. The number of benzene rings is 2. The Kier molecular flexibility index (Phi) is 51.7. The van der Waals surface area contributed by atoms with Crippen LogP contribution in [0.15, 0.2) is 59.8 Å². The maximum absolute atomic E-state index is 15.1. The Bertz CT molecular complexity index is 4660. The molecule has 4 heterocycles. The number of ether oxygens (including phenoxy) is 4. The van der Waals surface area contributed by atoms with Crippen molar-refractivity contribution >= 4 is 141 Å². The number of fused-ring (bicyclic) bond motifs is 1. The maximum Gasteiger partial charge on any atom is 0.446 e. The molecule has 4 saturated heterocycles. The highest BCUT2D eigenvalue weighted by atomic mass is 32.3. The number of amides is 15. The van der Waals surface area contributed by atoms with Gasteiger partial charge in [0.15, 0.2) is 12.9 Å². The number of nitrogens with zero attached hydrogens (tertiary/aromatic N) is 2. The molecule has 2 aromatic carbocycles. The van der Waals surface area contributed by atoms with Gasteiger partial charge in [-0.25, -0.2) is 4.79 Å². The second-order valence-corrected chi connectivity index (χ2v) is 37.4. The molecule has 0 radical (unpaired) electrons. The van der Waals surface area contributed by atoms with Crippen molar-refractivity contribution in [2.75, 3.05) is 89.7 Å². The average Bonchev–Trinajstić information content (AvgIpc) is 1.78. The van der Waals surface area contributed by atoms with Crippen LogP contribution in [0.5, 0.6) is 5.75 Å². The summed E-state index contributed by atoms with van der Waals surface area (Å²) in [5.74, 6) is -17.6. The van der Waals surface area contributed by atoms with E-state index in [1.54, 1.807) is 55.9 Å². The lowest BCUT2D eigenvalue weighted by Crippen LogP contribution is -2.61. The van der Waals surface area contributed by atoms with Crippen molar-refractivity contribution in [2.45, 2.75) is 257 Å². The number of aliphatic hydroxyl groups excluding tert-OH is 8. The number of carbonyl (C=O) groups excluding carboxylic acids is 14. The normalized spacial score (nSPS) is 20.8. The van der Waals surface area contributed by atoms with Crippen LogP contribution in [0.4, 0.5) is 4.79 Å². The van der Waals surface area contributed by atoms with Gasteiger partial charge in [0.05, 0.1) is 70.1 Å². The predicted molar refractivity (Wildman–Crippen MR) is 497 cm³/mol. The summed E-state index contributed by atoms with van der Waals surface area (Å²) in [6.07, 6.45) is -20.1. The van der Waals surface area contributed by atoms with Gasteiger partial charge >= 0.3 is 34.3 Å². The largest absolute Gasteiger partial charge is 0.481 e. The van der Waals surface area contributed by atoms with Gasteiger partial charge in [-0.05, 0) is 93.4 Å². The minimum Gasteiger partial charge on any atom is -0.481 e. The highest BCUT2D eigenvalue weighted by Gasteiger charge is 2.49. The maximum atomic E-state index is 15.1. The van der Waals surface area contributed by atoms with Gasteiger partial charge in [-0.1, -0.05) is 67.9 Å². The van der Waals surface area contributed by atoms with E-state index in [0.717, 1.165) is 54.3 Å². The van der Waals surface area contributed by atoms with Crippen molar-refractivity contribution in [1.29, 1.82) is 0 Å². The Hall–Kier alpha value is -11.4. The fourth-order valence-electron chi connectivity index (χ4n) is 15.2. The SMILES string of the molecule is CC(=O)N[C@@H](Cc1ccc(OS(=O)(=O)O)cc1)C(=O)N[C@@H](CC(=O)O)C(=O)N[C@@H](Cc1ccccc1)C(=O)N[C@@H](CC(C)C)C(=O)N1CCC[C@H]1C(=O)N[C@@H](CCC(=O)O)C(=O)N[C@@H](CCCCNC(=O)CO/N=C/[C@H](O)[C@@H](O)[C@H](O[C@@H]1O[C@H](CO)[C@H](O)[C@H](O)[C@H]1O)[C@H](O)CO)C(=O)N[C@@H](CCC(=O)O)C(=O)N[C@@H](CSCC(=O)NCCOCCOCCNC(=O)CCCCC1SC[C@H]2NC(=O)N[C@@H]12)C(N)=O. The number of carboxylic acids is 3. The van der Waals surface area contributed by atoms with Crippen molar-refractivity contribution in [1.82, 2.24) is 74.0 Å². The third-order valence-electron chi connectivity index (χ3n) is 22.4. The van der Waals surface area contributed by atoms with Gasteiger partial charge in [-0.2, -0.15) is 20.2 Å². The Morgan fingerprint density at radius 1 is 0.627 bits per heavy atom. The highest BCUT2D eigenvalue weighted by molar-refractivity contribution is 8.00. The summed E-state index contributed by atoms with van der Waals surface area (Å²) in [7, 11) is -4.93. The molecule has 142 heavy (non-hydrogen) atoms. The molecular formula is C86H130N16O37S3. The Labute approximate surface area is 824 Å². The number of nitrogens with one attached hydrogen (secondary N) is 13. The van der Waals surface area contributed by atoms with E-state index < -0.39 is 273 Å². The minimum absolute atomic E-state index is 0.0368. The van der Waals surface area contributed by atoms with Gasteiger partial charge in [0.2, 0.25) is 70.9 Å². The first-order valence-electron chi connectivity index (χ1n) is 45.8. The molecule has 53 nitrogen and oxygen atoms in total. The van der Waals surface area contributed by atoms with Crippen LogP contribution in [0.2, 0.25) is 0 Å². The number of oxime groups is 1. The second kappa shape index (κ2) is 61.6. The number of nitrogens with two attached hydrogens (primary N) is 1. The minimum atomic E-state index is -4.93. The van der Waals surface area contributed by atoms with Crippen molar-refractivity contribution in [3.05, 3.63) is 65.7 Å². The first-order chi connectivity index (χ1) is 67.3. The smallest absolute Gasteiger partial charge is 0.446 e. The third kappa shape index (κ3) is 42.7. The van der Waals surface area contributed by atoms with E-state index in [2.05, 4.69) is 78.5 Å². The number of aliphatic hydroxyl groups is 8. The molecule has 4 aliphatic heterocycles. The lowest BCUT2D eigenvalue weighted by Gasteiger charge is -2.42. The molecule has 0 aliphatic carbocycles. The van der Waals surface area contributed by atoms with Crippen molar-refractivity contribution < 1.29 is 179 Å². The molecule has 6 rings (SSSR count). The average molecular weight is 2080 g/mol. The van der Waals surface area contributed by atoms with Gasteiger partial charge in [0, 0.05) is 82.0 Å². The van der Waals surface area contributed by atoms with E-state index in [0.29, 0.717) is 29.9 Å². The number of hydrogen-bond acceptors (Lipinski definition) is 36. The van der Waals surface area contributed by atoms with Crippen LogP contribution in [-0.2, 0) is 124 Å². The third-order valence-corrected chi connectivity index (χ3v) is 25.4. The standard InChI is InChI=1S/C86H130N16O37S3/c1-45(2)34-56(98-81(126)54(35-47-12-5-4-6-13-47)96-82(127)55(37-69(115)116)97-80(125)53(92-46(3)105)36-48-18-20-49(21-19-48)139-142(131,132)133)84(129)102-29-11-15-59(102)83(128)95-52(23-25-68(113)114)78(123)93-50(14-9-10-26-88-65(109)41-136-91-38-60(106)71(117)75(61(107)39-103)138-85-74(120)73(119)72(118)62(40-104)137-85)77(122)94-51(22-24-67(111)112)79(124)99-58(76(87)121)42-140-44-66(110)90-28-31-135-33-32-134-30-27-89-64(108)17-8-7-16-63-70-57(43-141-63)100-86(130)101-70/h4-6,12-13,18-21,38,45,50-63,70-75,85,103-104,106-107,117-120H,7-11,14-17,22-37,39-44H2,1-3H3,(H2,87,121)(H,88,109)(H,89,108)(H,90,110)(H,92,105)(H,93,123)(H,94,122)(H,95,128)(H,96,127)(H,97,125)(H,98,126)(H,99,124)(H,111,112)(H,113,114)(H,115,116)(H2,100,101,130)(H,131,132,133)/b91-38+/t50-,51-,52-,53-,54-,55-,56-,57+,58-,59-,60-,61+,62+,63?,70+,71+,72-,73-,74+,75+,85-/m0/s1.